The normalized spacial score (nSPS) is 13.3. The summed E-state index contributed by atoms with van der Waals surface area (Å²) in [5, 5.41) is 13.4. The van der Waals surface area contributed by atoms with Crippen LogP contribution in [0.15, 0.2) is 54.6 Å². The summed E-state index contributed by atoms with van der Waals surface area (Å²) in [4.78, 5) is 15.8. The number of benzene rings is 2. The van der Waals surface area contributed by atoms with E-state index in [0.29, 0.717) is 22.9 Å². The predicted molar refractivity (Wildman–Crippen MR) is 114 cm³/mol. The first-order chi connectivity index (χ1) is 14.5. The molecule has 0 radical (unpaired) electrons. The van der Waals surface area contributed by atoms with E-state index in [-0.39, 0.29) is 30.4 Å². The van der Waals surface area contributed by atoms with Gasteiger partial charge >= 0.3 is 0 Å². The Morgan fingerprint density at radius 3 is 2.73 bits per heavy atom. The number of aromatic hydroxyl groups is 1. The monoisotopic (exact) mass is 426 g/mol. The Labute approximate surface area is 177 Å². The van der Waals surface area contributed by atoms with Crippen LogP contribution >= 0.6 is 12.1 Å². The fourth-order valence-corrected chi connectivity index (χ4v) is 3.75. The highest BCUT2D eigenvalue weighted by molar-refractivity contribution is 7.99. The number of amides is 1. The van der Waals surface area contributed by atoms with Crippen LogP contribution in [0, 0.1) is 12.7 Å². The maximum absolute atomic E-state index is 14.6. The minimum Gasteiger partial charge on any atom is -0.506 e. The van der Waals surface area contributed by atoms with Crippen LogP contribution in [0.1, 0.15) is 11.3 Å². The quantitative estimate of drug-likeness (QED) is 0.511. The molecule has 1 saturated heterocycles. The van der Waals surface area contributed by atoms with Crippen molar-refractivity contribution in [3.63, 3.8) is 0 Å². The molecule has 9 heteroatoms. The summed E-state index contributed by atoms with van der Waals surface area (Å²) in [5.74, 6) is 0.814. The van der Waals surface area contributed by atoms with E-state index in [2.05, 4.69) is 15.0 Å². The lowest BCUT2D eigenvalue weighted by atomic mass is 10.1. The van der Waals surface area contributed by atoms with Crippen molar-refractivity contribution in [2.75, 3.05) is 16.2 Å². The molecule has 0 atom stereocenters. The number of carbonyl (C=O) groups excluding carboxylic acids is 1. The van der Waals surface area contributed by atoms with Gasteiger partial charge in [0.05, 0.1) is 12.1 Å². The van der Waals surface area contributed by atoms with E-state index in [4.69, 9.17) is 4.74 Å². The van der Waals surface area contributed by atoms with Gasteiger partial charge in [0, 0.05) is 24.4 Å². The Morgan fingerprint density at radius 2 is 2.03 bits per heavy atom. The lowest BCUT2D eigenvalue weighted by Gasteiger charge is -2.17. The predicted octanol–water partition coefficient (Wildman–Crippen LogP) is 4.14. The van der Waals surface area contributed by atoms with E-state index in [1.807, 2.05) is 43.3 Å². The van der Waals surface area contributed by atoms with Gasteiger partial charge in [0.2, 0.25) is 0 Å². The topological polar surface area (TPSA) is 86.7 Å². The van der Waals surface area contributed by atoms with E-state index in [9.17, 15) is 14.3 Å². The lowest BCUT2D eigenvalue weighted by molar-refractivity contribution is -0.117. The van der Waals surface area contributed by atoms with Crippen LogP contribution < -0.4 is 19.1 Å². The Morgan fingerprint density at radius 1 is 1.23 bits per heavy atom. The number of hydrogen-bond donors (Lipinski definition) is 3. The maximum atomic E-state index is 14.6. The number of anilines is 2. The number of para-hydroxylation sites is 1. The largest absolute Gasteiger partial charge is 0.506 e. The number of pyridine rings is 1. The van der Waals surface area contributed by atoms with E-state index in [1.165, 1.54) is 16.4 Å². The fraction of sp³-hybridized carbons (Fsp3) is 0.143. The number of halogens is 1. The molecule has 0 bridgehead atoms. The molecule has 3 N–H and O–H groups in total. The van der Waals surface area contributed by atoms with Crippen molar-refractivity contribution < 1.29 is 19.0 Å². The summed E-state index contributed by atoms with van der Waals surface area (Å²) in [7, 11) is 0. The van der Waals surface area contributed by atoms with Crippen LogP contribution in [0.5, 0.6) is 17.2 Å². The average Bonchev–Trinajstić information content (AvgIpc) is 3.12. The molecule has 0 aliphatic carbocycles. The second-order valence-electron chi connectivity index (χ2n) is 6.70. The van der Waals surface area contributed by atoms with Crippen LogP contribution in [-0.4, -0.2) is 22.5 Å². The van der Waals surface area contributed by atoms with Gasteiger partial charge in [-0.15, -0.1) is 0 Å². The molecule has 0 unspecified atom stereocenters. The van der Waals surface area contributed by atoms with Crippen LogP contribution in [0.25, 0.3) is 0 Å². The molecule has 2 heterocycles. The summed E-state index contributed by atoms with van der Waals surface area (Å²) >= 11 is 0.946. The van der Waals surface area contributed by atoms with Crippen LogP contribution in [0.3, 0.4) is 0 Å². The van der Waals surface area contributed by atoms with Crippen molar-refractivity contribution in [1.82, 2.24) is 9.71 Å². The summed E-state index contributed by atoms with van der Waals surface area (Å²) in [6, 6.07) is 15.8. The van der Waals surface area contributed by atoms with Gasteiger partial charge in [-0.2, -0.15) is 0 Å². The number of aromatic nitrogens is 1. The number of hydrogen-bond acceptors (Lipinski definition) is 7. The van der Waals surface area contributed by atoms with E-state index >= 15 is 0 Å². The summed E-state index contributed by atoms with van der Waals surface area (Å²) < 4.78 is 24.3. The van der Waals surface area contributed by atoms with Gasteiger partial charge in [0.15, 0.2) is 5.82 Å². The van der Waals surface area contributed by atoms with Gasteiger partial charge in [0.1, 0.15) is 35.3 Å². The number of nitrogens with zero attached hydrogens (tertiary/aromatic N) is 2. The minimum atomic E-state index is -0.610. The van der Waals surface area contributed by atoms with Crippen molar-refractivity contribution in [2.45, 2.75) is 13.5 Å². The van der Waals surface area contributed by atoms with Crippen molar-refractivity contribution in [3.05, 3.63) is 71.7 Å². The number of aryl methyl sites for hydroxylation is 1. The number of nitrogens with one attached hydrogen (secondary N) is 2. The number of rotatable bonds is 6. The van der Waals surface area contributed by atoms with Gasteiger partial charge in [-0.1, -0.05) is 18.2 Å². The summed E-state index contributed by atoms with van der Waals surface area (Å²) in [6.45, 7) is 2.08. The van der Waals surface area contributed by atoms with Crippen LogP contribution in [-0.2, 0) is 11.3 Å². The zero-order valence-electron chi connectivity index (χ0n) is 16.1. The van der Waals surface area contributed by atoms with E-state index in [0.717, 1.165) is 17.8 Å². The molecule has 7 nitrogen and oxygen atoms in total. The smallest absolute Gasteiger partial charge is 0.251 e. The van der Waals surface area contributed by atoms with Gasteiger partial charge in [-0.3, -0.25) is 13.8 Å². The van der Waals surface area contributed by atoms with Crippen molar-refractivity contribution in [1.29, 1.82) is 0 Å². The van der Waals surface area contributed by atoms with E-state index in [1.54, 1.807) is 6.07 Å². The second-order valence-corrected chi connectivity index (χ2v) is 7.52. The Kier molecular flexibility index (Phi) is 5.62. The first kappa shape index (κ1) is 19.8. The molecule has 2 aromatic carbocycles. The third-order valence-corrected chi connectivity index (χ3v) is 5.14. The SMILES string of the molecule is Cc1cc(Oc2ccccc2)cc(NCc2cc(O)c(N3CC(=O)NS3)c(F)c2)n1. The zero-order valence-corrected chi connectivity index (χ0v) is 16.9. The number of phenolic OH excluding ortho intramolecular Hbond substituents is 1. The fourth-order valence-electron chi connectivity index (χ4n) is 3.02. The highest BCUT2D eigenvalue weighted by Gasteiger charge is 2.26. The minimum absolute atomic E-state index is 0.0191. The van der Waals surface area contributed by atoms with Crippen molar-refractivity contribution in [3.8, 4) is 17.2 Å². The molecule has 0 saturated carbocycles. The van der Waals surface area contributed by atoms with Crippen molar-refractivity contribution in [2.24, 2.45) is 0 Å². The number of ether oxygens (including phenoxy) is 1. The molecule has 3 aromatic rings. The molecule has 1 aromatic heterocycles. The first-order valence-electron chi connectivity index (χ1n) is 9.18. The van der Waals surface area contributed by atoms with Gasteiger partial charge in [-0.05, 0) is 36.8 Å². The molecule has 1 aliphatic rings. The summed E-state index contributed by atoms with van der Waals surface area (Å²) in [6.07, 6.45) is 0. The highest BCUT2D eigenvalue weighted by Crippen LogP contribution is 2.36. The van der Waals surface area contributed by atoms with Crippen molar-refractivity contribution >= 4 is 29.5 Å². The van der Waals surface area contributed by atoms with E-state index < -0.39 is 5.82 Å². The van der Waals surface area contributed by atoms with Gasteiger partial charge in [0.25, 0.3) is 5.91 Å². The number of phenols is 1. The number of carbonyl (C=O) groups is 1. The van der Waals surface area contributed by atoms with Gasteiger partial charge in [-0.25, -0.2) is 9.37 Å². The third kappa shape index (κ3) is 4.57. The molecule has 1 fully saturated rings. The Hall–Kier alpha value is -3.46. The lowest BCUT2D eigenvalue weighted by Crippen LogP contribution is -2.16. The summed E-state index contributed by atoms with van der Waals surface area (Å²) in [5.41, 5.74) is 1.28. The molecule has 154 valence electrons. The molecule has 0 spiro atoms. The zero-order chi connectivity index (χ0) is 21.1. The molecule has 1 amide bonds. The second kappa shape index (κ2) is 8.50. The molecular formula is C21H19FN4O3S. The van der Waals surface area contributed by atoms with Gasteiger partial charge < -0.3 is 15.2 Å². The third-order valence-electron chi connectivity index (χ3n) is 4.29. The maximum Gasteiger partial charge on any atom is 0.251 e. The molecule has 30 heavy (non-hydrogen) atoms. The Bertz CT molecular complexity index is 1060. The molecular weight excluding hydrogens is 407 g/mol. The molecule has 1 aliphatic heterocycles. The van der Waals surface area contributed by atoms with Crippen LogP contribution in [0.4, 0.5) is 15.9 Å². The Balaban J connectivity index is 1.47. The molecule has 4 rings (SSSR count). The average molecular weight is 426 g/mol. The highest BCUT2D eigenvalue weighted by atomic mass is 32.2. The van der Waals surface area contributed by atoms with Crippen LogP contribution in [0.2, 0.25) is 0 Å². The first-order valence-corrected chi connectivity index (χ1v) is 9.95. The standard InChI is InChI=1S/C21H19FN4O3S/c1-13-7-16(29-15-5-3-2-4-6-15)10-19(24-13)23-11-14-8-17(22)21(18(27)9-14)26-12-20(28)25-30-26/h2-10,27H,11-12H2,1H3,(H,23,24)(H,25,28).